The van der Waals surface area contributed by atoms with E-state index in [4.69, 9.17) is 9.15 Å². The number of carbonyl (C=O) groups excluding carboxylic acids is 2. The lowest BCUT2D eigenvalue weighted by Gasteiger charge is -2.29. The summed E-state index contributed by atoms with van der Waals surface area (Å²) >= 11 is 0. The van der Waals surface area contributed by atoms with Gasteiger partial charge in [0, 0.05) is 37.3 Å². The van der Waals surface area contributed by atoms with Gasteiger partial charge in [0.2, 0.25) is 5.91 Å². The van der Waals surface area contributed by atoms with E-state index in [0.717, 1.165) is 27.7 Å². The number of fused-ring (bicyclic) bond motifs is 1. The first-order chi connectivity index (χ1) is 17.3. The molecule has 2 aromatic carbocycles. The number of nitrogens with one attached hydrogen (secondary N) is 1. The number of furan rings is 1. The maximum Gasteiger partial charge on any atom is 0.408 e. The number of amides is 2. The van der Waals surface area contributed by atoms with Gasteiger partial charge < -0.3 is 19.4 Å². The van der Waals surface area contributed by atoms with Gasteiger partial charge in [0.25, 0.3) is 0 Å². The average Bonchev–Trinajstić information content (AvgIpc) is 3.31. The Morgan fingerprint density at radius 2 is 1.67 bits per heavy atom. The van der Waals surface area contributed by atoms with Crippen LogP contribution in [0.25, 0.3) is 11.0 Å². The van der Waals surface area contributed by atoms with E-state index < -0.39 is 17.7 Å². The van der Waals surface area contributed by atoms with E-state index in [1.807, 2.05) is 66.7 Å². The second-order valence-corrected chi connectivity index (χ2v) is 9.73. The zero-order valence-corrected chi connectivity index (χ0v) is 20.8. The van der Waals surface area contributed by atoms with E-state index in [-0.39, 0.29) is 5.91 Å². The summed E-state index contributed by atoms with van der Waals surface area (Å²) in [4.78, 5) is 32.5. The van der Waals surface area contributed by atoms with E-state index in [1.165, 1.54) is 0 Å². The summed E-state index contributed by atoms with van der Waals surface area (Å²) in [5.41, 5.74) is 2.96. The van der Waals surface area contributed by atoms with E-state index in [9.17, 15) is 9.59 Å². The molecule has 0 unspecified atom stereocenters. The zero-order valence-electron chi connectivity index (χ0n) is 20.8. The molecule has 0 saturated heterocycles. The van der Waals surface area contributed by atoms with E-state index in [0.29, 0.717) is 19.5 Å². The number of pyridine rings is 1. The molecule has 1 N–H and O–H groups in total. The fourth-order valence-electron chi connectivity index (χ4n) is 3.98. The number of nitrogens with zero attached hydrogens (tertiary/aromatic N) is 2. The standard InChI is InChI=1S/C29H31N3O4/c1-29(2,3)36-28(34)31-25(18-21-7-5-4-6-8-21)27(33)32(19-22-11-14-30-15-12-22)20-23-9-10-26-24(17-23)13-16-35-26/h4-17,25H,18-20H2,1-3H3,(H,31,34)/t25-/m0/s1. The van der Waals surface area contributed by atoms with Crippen molar-refractivity contribution in [3.63, 3.8) is 0 Å². The Bertz CT molecular complexity index is 1300. The lowest BCUT2D eigenvalue weighted by Crippen LogP contribution is -2.50. The number of aromatic nitrogens is 1. The van der Waals surface area contributed by atoms with Gasteiger partial charge in [-0.2, -0.15) is 0 Å². The Hall–Kier alpha value is -4.13. The highest BCUT2D eigenvalue weighted by Gasteiger charge is 2.29. The van der Waals surface area contributed by atoms with Gasteiger partial charge >= 0.3 is 6.09 Å². The molecule has 186 valence electrons. The summed E-state index contributed by atoms with van der Waals surface area (Å²) < 4.78 is 10.9. The molecule has 0 aliphatic carbocycles. The minimum absolute atomic E-state index is 0.200. The van der Waals surface area contributed by atoms with Gasteiger partial charge in [-0.05, 0) is 67.8 Å². The van der Waals surface area contributed by atoms with Crippen LogP contribution in [0.2, 0.25) is 0 Å². The van der Waals surface area contributed by atoms with Crippen LogP contribution in [0.1, 0.15) is 37.5 Å². The number of hydrogen-bond donors (Lipinski definition) is 1. The van der Waals surface area contributed by atoms with Crippen molar-refractivity contribution >= 4 is 23.0 Å². The van der Waals surface area contributed by atoms with Gasteiger partial charge in [0.15, 0.2) is 0 Å². The average molecular weight is 486 g/mol. The second kappa shape index (κ2) is 11.1. The Labute approximate surface area is 211 Å². The molecule has 7 heteroatoms. The molecule has 7 nitrogen and oxygen atoms in total. The first-order valence-electron chi connectivity index (χ1n) is 11.9. The Morgan fingerprint density at radius 3 is 2.39 bits per heavy atom. The Balaban J connectivity index is 1.62. The van der Waals surface area contributed by atoms with Gasteiger partial charge in [-0.15, -0.1) is 0 Å². The van der Waals surface area contributed by atoms with Gasteiger partial charge in [-0.25, -0.2) is 4.79 Å². The molecule has 2 aromatic heterocycles. The van der Waals surface area contributed by atoms with Gasteiger partial charge in [0.05, 0.1) is 6.26 Å². The SMILES string of the molecule is CC(C)(C)OC(=O)N[C@@H](Cc1ccccc1)C(=O)N(Cc1ccncc1)Cc1ccc2occc2c1. The van der Waals surface area contributed by atoms with Gasteiger partial charge in [-0.3, -0.25) is 9.78 Å². The summed E-state index contributed by atoms with van der Waals surface area (Å²) in [5.74, 6) is -0.200. The third-order valence-corrected chi connectivity index (χ3v) is 5.60. The normalized spacial score (nSPS) is 12.2. The van der Waals surface area contributed by atoms with Crippen molar-refractivity contribution in [1.29, 1.82) is 0 Å². The van der Waals surface area contributed by atoms with E-state index in [2.05, 4.69) is 10.3 Å². The van der Waals surface area contributed by atoms with Gasteiger partial charge in [0.1, 0.15) is 17.2 Å². The topological polar surface area (TPSA) is 84.7 Å². The molecule has 0 bridgehead atoms. The third-order valence-electron chi connectivity index (χ3n) is 5.60. The minimum Gasteiger partial charge on any atom is -0.464 e. The van der Waals surface area contributed by atoms with Crippen LogP contribution in [0.15, 0.2) is 89.8 Å². The highest BCUT2D eigenvalue weighted by atomic mass is 16.6. The lowest BCUT2D eigenvalue weighted by molar-refractivity contribution is -0.134. The van der Waals surface area contributed by atoms with E-state index >= 15 is 0 Å². The van der Waals surface area contributed by atoms with Crippen LogP contribution in [0.5, 0.6) is 0 Å². The van der Waals surface area contributed by atoms with Crippen molar-refractivity contribution < 1.29 is 18.7 Å². The minimum atomic E-state index is -0.804. The summed E-state index contributed by atoms with van der Waals surface area (Å²) in [6.45, 7) is 6.11. The molecular formula is C29H31N3O4. The third kappa shape index (κ3) is 6.95. The largest absolute Gasteiger partial charge is 0.464 e. The fraction of sp³-hybridized carbons (Fsp3) is 0.276. The van der Waals surface area contributed by atoms with Crippen LogP contribution in [0.3, 0.4) is 0 Å². The van der Waals surface area contributed by atoms with Crippen LogP contribution >= 0.6 is 0 Å². The van der Waals surface area contributed by atoms with Crippen LogP contribution in [0, 0.1) is 0 Å². The Kier molecular flexibility index (Phi) is 7.68. The van der Waals surface area contributed by atoms with Crippen molar-refractivity contribution in [2.75, 3.05) is 0 Å². The lowest BCUT2D eigenvalue weighted by atomic mass is 10.0. The molecule has 2 amide bonds. The molecule has 0 aliphatic heterocycles. The fourth-order valence-corrected chi connectivity index (χ4v) is 3.98. The molecule has 0 aliphatic rings. The monoisotopic (exact) mass is 485 g/mol. The number of carbonyl (C=O) groups is 2. The summed E-state index contributed by atoms with van der Waals surface area (Å²) in [5, 5.41) is 3.79. The molecule has 36 heavy (non-hydrogen) atoms. The maximum absolute atomic E-state index is 14.0. The molecule has 0 spiro atoms. The van der Waals surface area contributed by atoms with Crippen LogP contribution in [-0.2, 0) is 29.0 Å². The summed E-state index contributed by atoms with van der Waals surface area (Å²) in [7, 11) is 0. The molecule has 0 radical (unpaired) electrons. The number of ether oxygens (including phenoxy) is 1. The second-order valence-electron chi connectivity index (χ2n) is 9.73. The molecule has 4 aromatic rings. The van der Waals surface area contributed by atoms with Crippen LogP contribution < -0.4 is 5.32 Å². The van der Waals surface area contributed by atoms with Crippen molar-refractivity contribution in [3.05, 3.63) is 102 Å². The predicted octanol–water partition coefficient (Wildman–Crippen LogP) is 5.49. The Morgan fingerprint density at radius 1 is 0.944 bits per heavy atom. The van der Waals surface area contributed by atoms with Crippen molar-refractivity contribution in [2.24, 2.45) is 0 Å². The maximum atomic E-state index is 14.0. The van der Waals surface area contributed by atoms with Crippen molar-refractivity contribution in [1.82, 2.24) is 15.2 Å². The van der Waals surface area contributed by atoms with E-state index in [1.54, 1.807) is 44.3 Å². The number of hydrogen-bond acceptors (Lipinski definition) is 5. The smallest absolute Gasteiger partial charge is 0.408 e. The van der Waals surface area contributed by atoms with Crippen molar-refractivity contribution in [3.8, 4) is 0 Å². The molecule has 1 atom stereocenters. The molecule has 4 rings (SSSR count). The molecular weight excluding hydrogens is 454 g/mol. The highest BCUT2D eigenvalue weighted by molar-refractivity contribution is 5.86. The summed E-state index contributed by atoms with van der Waals surface area (Å²) in [6, 6.07) is 20.4. The molecule has 2 heterocycles. The van der Waals surface area contributed by atoms with Crippen LogP contribution in [0.4, 0.5) is 4.79 Å². The quantitative estimate of drug-likeness (QED) is 0.357. The summed E-state index contributed by atoms with van der Waals surface area (Å²) in [6.07, 6.45) is 4.77. The molecule has 0 fully saturated rings. The first-order valence-corrected chi connectivity index (χ1v) is 11.9. The molecule has 0 saturated carbocycles. The van der Waals surface area contributed by atoms with Crippen molar-refractivity contribution in [2.45, 2.75) is 51.9 Å². The van der Waals surface area contributed by atoms with Crippen LogP contribution in [-0.4, -0.2) is 33.5 Å². The predicted molar refractivity (Wildman–Crippen MR) is 138 cm³/mol. The number of benzene rings is 2. The zero-order chi connectivity index (χ0) is 25.5. The first kappa shape index (κ1) is 25.0. The number of alkyl carbamates (subject to hydrolysis) is 1. The highest BCUT2D eigenvalue weighted by Crippen LogP contribution is 2.20. The number of rotatable bonds is 8. The van der Waals surface area contributed by atoms with Gasteiger partial charge in [-0.1, -0.05) is 36.4 Å².